The molecule has 0 saturated carbocycles. The monoisotopic (exact) mass is 203 g/mol. The quantitative estimate of drug-likeness (QED) is 0.759. The average Bonchev–Trinajstić information content (AvgIpc) is 2.49. The minimum Gasteiger partial charge on any atom is -0.491 e. The minimum atomic E-state index is -2.67. The summed E-state index contributed by atoms with van der Waals surface area (Å²) in [5, 5.41) is 0. The summed E-state index contributed by atoms with van der Waals surface area (Å²) in [7, 11) is 0. The van der Waals surface area contributed by atoms with Crippen LogP contribution < -0.4 is 10.5 Å². The van der Waals surface area contributed by atoms with Crippen LogP contribution in [0.5, 0.6) is 5.75 Å². The molecule has 0 saturated heterocycles. The van der Waals surface area contributed by atoms with Gasteiger partial charge in [0.2, 0.25) is 0 Å². The number of nitrogens with two attached hydrogens (primary N) is 1. The third-order valence-electron chi connectivity index (χ3n) is 2.19. The SMILES string of the molecule is N[C@H]1COc2c(C(F)F)ccc(F)c21. The van der Waals surface area contributed by atoms with E-state index in [1.54, 1.807) is 0 Å². The fourth-order valence-corrected chi connectivity index (χ4v) is 1.53. The fraction of sp³-hybridized carbons (Fsp3) is 0.333. The molecule has 0 aromatic heterocycles. The lowest BCUT2D eigenvalue weighted by Gasteiger charge is -2.07. The summed E-state index contributed by atoms with van der Waals surface area (Å²) < 4.78 is 43.0. The van der Waals surface area contributed by atoms with E-state index in [-0.39, 0.29) is 23.5 Å². The van der Waals surface area contributed by atoms with Gasteiger partial charge in [-0.15, -0.1) is 0 Å². The number of benzene rings is 1. The molecule has 0 aliphatic carbocycles. The highest BCUT2D eigenvalue weighted by Crippen LogP contribution is 2.40. The second-order valence-electron chi connectivity index (χ2n) is 3.10. The lowest BCUT2D eigenvalue weighted by molar-refractivity contribution is 0.146. The summed E-state index contributed by atoms with van der Waals surface area (Å²) in [5.41, 5.74) is 5.27. The molecule has 1 aliphatic rings. The van der Waals surface area contributed by atoms with Crippen molar-refractivity contribution in [3.63, 3.8) is 0 Å². The van der Waals surface area contributed by atoms with Gasteiger partial charge in [-0.3, -0.25) is 0 Å². The molecule has 76 valence electrons. The Hall–Kier alpha value is -1.23. The first-order valence-electron chi connectivity index (χ1n) is 4.10. The van der Waals surface area contributed by atoms with Crippen LogP contribution >= 0.6 is 0 Å². The maximum absolute atomic E-state index is 13.2. The number of fused-ring (bicyclic) bond motifs is 1. The molecule has 1 heterocycles. The van der Waals surface area contributed by atoms with Crippen molar-refractivity contribution in [3.05, 3.63) is 29.1 Å². The van der Waals surface area contributed by atoms with E-state index in [2.05, 4.69) is 0 Å². The molecule has 2 nitrogen and oxygen atoms in total. The predicted octanol–water partition coefficient (Wildman–Crippen LogP) is 2.16. The van der Waals surface area contributed by atoms with E-state index in [1.165, 1.54) is 0 Å². The first kappa shape index (κ1) is 9.33. The molecule has 5 heteroatoms. The van der Waals surface area contributed by atoms with E-state index in [4.69, 9.17) is 10.5 Å². The highest BCUT2D eigenvalue weighted by atomic mass is 19.3. The molecule has 1 aliphatic heterocycles. The summed E-state index contributed by atoms with van der Waals surface area (Å²) in [6.07, 6.45) is -2.67. The standard InChI is InChI=1S/C9H8F3NO/c10-5-2-1-4(9(11)12)8-7(5)6(13)3-14-8/h1-2,6,9H,3,13H2/t6-/m0/s1. The molecule has 1 aromatic rings. The molecule has 1 atom stereocenters. The number of hydrogen-bond acceptors (Lipinski definition) is 2. The van der Waals surface area contributed by atoms with Crippen LogP contribution in [0.25, 0.3) is 0 Å². The van der Waals surface area contributed by atoms with Crippen molar-refractivity contribution in [1.29, 1.82) is 0 Å². The maximum Gasteiger partial charge on any atom is 0.267 e. The van der Waals surface area contributed by atoms with Gasteiger partial charge in [0.1, 0.15) is 18.2 Å². The van der Waals surface area contributed by atoms with Gasteiger partial charge < -0.3 is 10.5 Å². The molecule has 14 heavy (non-hydrogen) atoms. The summed E-state index contributed by atoms with van der Waals surface area (Å²) in [6.45, 7) is 0.0516. The molecule has 2 N–H and O–H groups in total. The number of rotatable bonds is 1. The molecule has 0 spiro atoms. The maximum atomic E-state index is 13.2. The second-order valence-corrected chi connectivity index (χ2v) is 3.10. The first-order valence-corrected chi connectivity index (χ1v) is 4.10. The first-order chi connectivity index (χ1) is 6.61. The zero-order valence-corrected chi connectivity index (χ0v) is 7.14. The lowest BCUT2D eigenvalue weighted by atomic mass is 10.0. The molecule has 0 radical (unpaired) electrons. The van der Waals surface area contributed by atoms with E-state index in [0.717, 1.165) is 12.1 Å². The van der Waals surface area contributed by atoms with Gasteiger partial charge >= 0.3 is 0 Å². The zero-order chi connectivity index (χ0) is 10.3. The van der Waals surface area contributed by atoms with Gasteiger partial charge in [0, 0.05) is 0 Å². The summed E-state index contributed by atoms with van der Waals surface area (Å²) in [6, 6.07) is 1.37. The lowest BCUT2D eigenvalue weighted by Crippen LogP contribution is -2.12. The molecular weight excluding hydrogens is 195 g/mol. The van der Waals surface area contributed by atoms with Crippen molar-refractivity contribution in [3.8, 4) is 5.75 Å². The van der Waals surface area contributed by atoms with Crippen molar-refractivity contribution in [2.75, 3.05) is 6.61 Å². The Morgan fingerprint density at radius 2 is 2.14 bits per heavy atom. The Labute approximate surface area is 78.5 Å². The highest BCUT2D eigenvalue weighted by molar-refractivity contribution is 5.47. The van der Waals surface area contributed by atoms with E-state index in [0.29, 0.717) is 0 Å². The van der Waals surface area contributed by atoms with Gasteiger partial charge in [0.15, 0.2) is 0 Å². The number of hydrogen-bond donors (Lipinski definition) is 1. The predicted molar refractivity (Wildman–Crippen MR) is 43.8 cm³/mol. The number of halogens is 3. The molecule has 0 fully saturated rings. The van der Waals surface area contributed by atoms with Crippen LogP contribution in [-0.2, 0) is 0 Å². The number of alkyl halides is 2. The molecule has 1 aromatic carbocycles. The van der Waals surface area contributed by atoms with E-state index >= 15 is 0 Å². The van der Waals surface area contributed by atoms with Crippen molar-refractivity contribution in [2.45, 2.75) is 12.5 Å². The summed E-state index contributed by atoms with van der Waals surface area (Å²) in [5.74, 6) is -0.679. The van der Waals surface area contributed by atoms with Crippen LogP contribution in [0.2, 0.25) is 0 Å². The van der Waals surface area contributed by atoms with E-state index in [1.807, 2.05) is 0 Å². The van der Waals surface area contributed by atoms with Gasteiger partial charge in [0.05, 0.1) is 17.2 Å². The van der Waals surface area contributed by atoms with Crippen LogP contribution in [0.3, 0.4) is 0 Å². The van der Waals surface area contributed by atoms with E-state index < -0.39 is 18.3 Å². The minimum absolute atomic E-state index is 0.0516. The van der Waals surface area contributed by atoms with Crippen molar-refractivity contribution in [1.82, 2.24) is 0 Å². The molecule has 0 unspecified atom stereocenters. The smallest absolute Gasteiger partial charge is 0.267 e. The van der Waals surface area contributed by atoms with Crippen LogP contribution in [0, 0.1) is 5.82 Å². The summed E-state index contributed by atoms with van der Waals surface area (Å²) in [4.78, 5) is 0. The van der Waals surface area contributed by atoms with Crippen LogP contribution in [0.15, 0.2) is 12.1 Å². The molecule has 2 rings (SSSR count). The fourth-order valence-electron chi connectivity index (χ4n) is 1.53. The van der Waals surface area contributed by atoms with Crippen LogP contribution in [0.4, 0.5) is 13.2 Å². The van der Waals surface area contributed by atoms with Gasteiger partial charge in [0.25, 0.3) is 6.43 Å². The average molecular weight is 203 g/mol. The summed E-state index contributed by atoms with van der Waals surface area (Å²) >= 11 is 0. The van der Waals surface area contributed by atoms with Gasteiger partial charge in [-0.25, -0.2) is 13.2 Å². The third-order valence-corrected chi connectivity index (χ3v) is 2.19. The Balaban J connectivity index is 2.59. The second kappa shape index (κ2) is 3.16. The topological polar surface area (TPSA) is 35.2 Å². The number of ether oxygens (including phenoxy) is 1. The zero-order valence-electron chi connectivity index (χ0n) is 7.14. The van der Waals surface area contributed by atoms with Gasteiger partial charge in [-0.1, -0.05) is 0 Å². The van der Waals surface area contributed by atoms with Gasteiger partial charge in [-0.2, -0.15) is 0 Å². The van der Waals surface area contributed by atoms with Crippen LogP contribution in [0.1, 0.15) is 23.6 Å². The third kappa shape index (κ3) is 1.24. The molecular formula is C9H8F3NO. The Bertz CT molecular complexity index is 367. The largest absolute Gasteiger partial charge is 0.491 e. The Morgan fingerprint density at radius 3 is 2.79 bits per heavy atom. The molecule has 0 bridgehead atoms. The normalized spacial score (nSPS) is 19.6. The van der Waals surface area contributed by atoms with Crippen molar-refractivity contribution < 1.29 is 17.9 Å². The van der Waals surface area contributed by atoms with Crippen molar-refractivity contribution in [2.24, 2.45) is 5.73 Å². The van der Waals surface area contributed by atoms with Crippen molar-refractivity contribution >= 4 is 0 Å². The molecule has 0 amide bonds. The Morgan fingerprint density at radius 1 is 1.43 bits per heavy atom. The van der Waals surface area contributed by atoms with Crippen LogP contribution in [-0.4, -0.2) is 6.61 Å². The van der Waals surface area contributed by atoms with Gasteiger partial charge in [-0.05, 0) is 12.1 Å². The van der Waals surface area contributed by atoms with E-state index in [9.17, 15) is 13.2 Å². The Kier molecular flexibility index (Phi) is 2.11. The highest BCUT2D eigenvalue weighted by Gasteiger charge is 2.29.